The third-order valence-electron chi connectivity index (χ3n) is 2.36. The zero-order valence-electron chi connectivity index (χ0n) is 9.32. The van der Waals surface area contributed by atoms with Crippen molar-refractivity contribution in [2.24, 2.45) is 0 Å². The average Bonchev–Trinajstić information content (AvgIpc) is 3.11. The van der Waals surface area contributed by atoms with Crippen LogP contribution in [-0.2, 0) is 0 Å². The number of amides is 1. The molecule has 0 atom stereocenters. The van der Waals surface area contributed by atoms with E-state index in [4.69, 9.17) is 4.74 Å². The van der Waals surface area contributed by atoms with Crippen LogP contribution >= 0.6 is 11.8 Å². The van der Waals surface area contributed by atoms with Crippen molar-refractivity contribution in [1.82, 2.24) is 10.3 Å². The lowest BCUT2D eigenvalue weighted by atomic mass is 10.2. The molecule has 1 aliphatic carbocycles. The highest BCUT2D eigenvalue weighted by molar-refractivity contribution is 7.98. The molecule has 5 heteroatoms. The molecule has 0 unspecified atom stereocenters. The molecule has 86 valence electrons. The van der Waals surface area contributed by atoms with Gasteiger partial charge in [-0.1, -0.05) is 0 Å². The van der Waals surface area contributed by atoms with Crippen molar-refractivity contribution in [3.63, 3.8) is 0 Å². The molecule has 1 aromatic heterocycles. The van der Waals surface area contributed by atoms with Crippen LogP contribution in [0.2, 0.25) is 0 Å². The Kier molecular flexibility index (Phi) is 3.33. The normalized spacial score (nSPS) is 14.6. The number of hydrogen-bond acceptors (Lipinski definition) is 4. The first kappa shape index (κ1) is 11.3. The van der Waals surface area contributed by atoms with Crippen LogP contribution in [0.1, 0.15) is 23.2 Å². The number of hydrogen-bond donors (Lipinski definition) is 1. The molecule has 1 saturated carbocycles. The van der Waals surface area contributed by atoms with Gasteiger partial charge in [-0.3, -0.25) is 9.78 Å². The molecule has 1 aliphatic rings. The second kappa shape index (κ2) is 4.74. The van der Waals surface area contributed by atoms with Gasteiger partial charge >= 0.3 is 0 Å². The Bertz CT molecular complexity index is 405. The Morgan fingerprint density at radius 3 is 2.88 bits per heavy atom. The predicted octanol–water partition coefficient (Wildman–Crippen LogP) is 1.70. The lowest BCUT2D eigenvalue weighted by molar-refractivity contribution is 0.0958. The molecule has 0 spiro atoms. The fourth-order valence-electron chi connectivity index (χ4n) is 1.39. The molecule has 1 fully saturated rings. The van der Waals surface area contributed by atoms with Gasteiger partial charge in [-0.25, -0.2) is 0 Å². The fraction of sp³-hybridized carbons (Fsp3) is 0.455. The number of pyridine rings is 1. The number of nitrogens with one attached hydrogen (secondary N) is 1. The zero-order valence-corrected chi connectivity index (χ0v) is 10.1. The monoisotopic (exact) mass is 238 g/mol. The molecule has 16 heavy (non-hydrogen) atoms. The molecular weight excluding hydrogens is 224 g/mol. The fourth-order valence-corrected chi connectivity index (χ4v) is 2.05. The van der Waals surface area contributed by atoms with Gasteiger partial charge in [0.2, 0.25) is 0 Å². The van der Waals surface area contributed by atoms with E-state index < -0.39 is 0 Å². The molecule has 2 rings (SSSR count). The Morgan fingerprint density at radius 2 is 2.31 bits per heavy atom. The highest BCUT2D eigenvalue weighted by Gasteiger charge is 2.26. The highest BCUT2D eigenvalue weighted by atomic mass is 32.2. The molecule has 0 aromatic carbocycles. The minimum Gasteiger partial charge on any atom is -0.488 e. The summed E-state index contributed by atoms with van der Waals surface area (Å²) in [5.74, 6) is 0.592. The Balaban J connectivity index is 2.32. The summed E-state index contributed by atoms with van der Waals surface area (Å²) in [6, 6.07) is 0. The van der Waals surface area contributed by atoms with Crippen molar-refractivity contribution in [3.05, 3.63) is 18.0 Å². The predicted molar refractivity (Wildman–Crippen MR) is 63.1 cm³/mol. The van der Waals surface area contributed by atoms with Gasteiger partial charge in [0.1, 0.15) is 0 Å². The van der Waals surface area contributed by atoms with Crippen LogP contribution in [0.5, 0.6) is 5.75 Å². The van der Waals surface area contributed by atoms with Gasteiger partial charge in [-0.15, -0.1) is 11.8 Å². The van der Waals surface area contributed by atoms with Gasteiger partial charge in [0.05, 0.1) is 22.8 Å². The number of rotatable bonds is 4. The molecule has 0 aliphatic heterocycles. The molecule has 0 radical (unpaired) electrons. The standard InChI is InChI=1S/C11H14N2O2S/c1-12-11(14)8-5-13-6-9(10(8)16-2)15-7-3-4-7/h5-7H,3-4H2,1-2H3,(H,12,14). The number of nitrogens with zero attached hydrogens (tertiary/aromatic N) is 1. The minimum atomic E-state index is -0.127. The van der Waals surface area contributed by atoms with Crippen LogP contribution < -0.4 is 10.1 Å². The molecule has 1 heterocycles. The highest BCUT2D eigenvalue weighted by Crippen LogP contribution is 2.34. The van der Waals surface area contributed by atoms with E-state index in [0.29, 0.717) is 11.7 Å². The lowest BCUT2D eigenvalue weighted by Crippen LogP contribution is -2.19. The summed E-state index contributed by atoms with van der Waals surface area (Å²) in [5.41, 5.74) is 0.577. The number of aromatic nitrogens is 1. The van der Waals surface area contributed by atoms with E-state index in [9.17, 15) is 4.79 Å². The second-order valence-corrected chi connectivity index (χ2v) is 4.43. The molecule has 0 bridgehead atoms. The van der Waals surface area contributed by atoms with E-state index in [-0.39, 0.29) is 5.91 Å². The lowest BCUT2D eigenvalue weighted by Gasteiger charge is -2.11. The van der Waals surface area contributed by atoms with Crippen molar-refractivity contribution in [2.75, 3.05) is 13.3 Å². The van der Waals surface area contributed by atoms with Crippen molar-refractivity contribution >= 4 is 17.7 Å². The van der Waals surface area contributed by atoms with Crippen LogP contribution in [0.3, 0.4) is 0 Å². The van der Waals surface area contributed by atoms with Crippen molar-refractivity contribution < 1.29 is 9.53 Å². The van der Waals surface area contributed by atoms with Crippen LogP contribution in [0, 0.1) is 0 Å². The quantitative estimate of drug-likeness (QED) is 0.811. The number of thioether (sulfide) groups is 1. The summed E-state index contributed by atoms with van der Waals surface area (Å²) < 4.78 is 5.72. The van der Waals surface area contributed by atoms with Crippen LogP contribution in [0.4, 0.5) is 0 Å². The van der Waals surface area contributed by atoms with E-state index in [1.807, 2.05) is 6.26 Å². The van der Waals surface area contributed by atoms with Gasteiger partial charge in [-0.2, -0.15) is 0 Å². The number of carbonyl (C=O) groups excluding carboxylic acids is 1. The SMILES string of the molecule is CNC(=O)c1cncc(OC2CC2)c1SC. The number of carbonyl (C=O) groups is 1. The third kappa shape index (κ3) is 2.29. The van der Waals surface area contributed by atoms with Gasteiger partial charge in [0.15, 0.2) is 5.75 Å². The molecule has 1 N–H and O–H groups in total. The summed E-state index contributed by atoms with van der Waals surface area (Å²) in [5, 5.41) is 2.60. The molecule has 0 saturated heterocycles. The summed E-state index contributed by atoms with van der Waals surface area (Å²) in [6.07, 6.45) is 7.69. The van der Waals surface area contributed by atoms with E-state index >= 15 is 0 Å². The van der Waals surface area contributed by atoms with Gasteiger partial charge in [0.25, 0.3) is 5.91 Å². The van der Waals surface area contributed by atoms with Gasteiger partial charge in [0, 0.05) is 13.2 Å². The first-order valence-corrected chi connectivity index (χ1v) is 6.39. The number of ether oxygens (including phenoxy) is 1. The maximum Gasteiger partial charge on any atom is 0.253 e. The second-order valence-electron chi connectivity index (χ2n) is 3.61. The first-order chi connectivity index (χ1) is 7.76. The van der Waals surface area contributed by atoms with Crippen molar-refractivity contribution in [2.45, 2.75) is 23.8 Å². The largest absolute Gasteiger partial charge is 0.488 e. The topological polar surface area (TPSA) is 51.2 Å². The van der Waals surface area contributed by atoms with Crippen LogP contribution in [0.15, 0.2) is 17.3 Å². The van der Waals surface area contributed by atoms with Crippen LogP contribution in [0.25, 0.3) is 0 Å². The minimum absolute atomic E-state index is 0.127. The zero-order chi connectivity index (χ0) is 11.5. The average molecular weight is 238 g/mol. The van der Waals surface area contributed by atoms with Gasteiger partial charge < -0.3 is 10.1 Å². The Morgan fingerprint density at radius 1 is 1.56 bits per heavy atom. The Labute approximate surface area is 98.8 Å². The maximum absolute atomic E-state index is 11.6. The summed E-state index contributed by atoms with van der Waals surface area (Å²) in [6.45, 7) is 0. The first-order valence-electron chi connectivity index (χ1n) is 5.17. The summed E-state index contributed by atoms with van der Waals surface area (Å²) in [7, 11) is 1.61. The Hall–Kier alpha value is -1.23. The van der Waals surface area contributed by atoms with E-state index in [1.54, 1.807) is 19.4 Å². The molecule has 1 amide bonds. The van der Waals surface area contributed by atoms with Gasteiger partial charge in [-0.05, 0) is 19.1 Å². The smallest absolute Gasteiger partial charge is 0.253 e. The maximum atomic E-state index is 11.6. The molecular formula is C11H14N2O2S. The van der Waals surface area contributed by atoms with E-state index in [0.717, 1.165) is 23.5 Å². The van der Waals surface area contributed by atoms with E-state index in [2.05, 4.69) is 10.3 Å². The third-order valence-corrected chi connectivity index (χ3v) is 3.19. The summed E-state index contributed by atoms with van der Waals surface area (Å²) in [4.78, 5) is 16.5. The summed E-state index contributed by atoms with van der Waals surface area (Å²) >= 11 is 1.51. The molecule has 1 aromatic rings. The van der Waals surface area contributed by atoms with Crippen LogP contribution in [-0.4, -0.2) is 30.3 Å². The van der Waals surface area contributed by atoms with Crippen molar-refractivity contribution in [1.29, 1.82) is 0 Å². The van der Waals surface area contributed by atoms with E-state index in [1.165, 1.54) is 11.8 Å². The molecule has 4 nitrogen and oxygen atoms in total. The van der Waals surface area contributed by atoms with Crippen molar-refractivity contribution in [3.8, 4) is 5.75 Å².